The monoisotopic (exact) mass is 680 g/mol. The van der Waals surface area contributed by atoms with Crippen LogP contribution < -0.4 is 10.6 Å². The first-order chi connectivity index (χ1) is 21.5. The van der Waals surface area contributed by atoms with Crippen molar-refractivity contribution in [2.24, 2.45) is 5.92 Å². The van der Waals surface area contributed by atoms with Crippen molar-refractivity contribution in [3.05, 3.63) is 116 Å². The topological polar surface area (TPSA) is 86.0 Å². The van der Waals surface area contributed by atoms with Crippen molar-refractivity contribution in [1.82, 2.24) is 19.8 Å². The smallest absolute Gasteiger partial charge is 0.226 e. The number of carbonyl (C=O) groups is 1. The van der Waals surface area contributed by atoms with Crippen LogP contribution in [-0.2, 0) is 24.3 Å². The number of halogens is 3. The normalized spacial score (nSPS) is 11.6. The van der Waals surface area contributed by atoms with Crippen LogP contribution in [-0.4, -0.2) is 38.1 Å². The SMILES string of the molecule is Cc1ccc(NC(=S)N(Cc2cccc(Cl)c2Cl)C[C@H](CC(C)C)NC(=O)Cc2cncn2Cc2ccc(C#N)cc2)cc1Cl. The van der Waals surface area contributed by atoms with Gasteiger partial charge in [-0.25, -0.2) is 4.98 Å². The maximum absolute atomic E-state index is 13.5. The van der Waals surface area contributed by atoms with E-state index in [-0.39, 0.29) is 18.4 Å². The zero-order valence-corrected chi connectivity index (χ0v) is 28.4. The Kier molecular flexibility index (Phi) is 12.3. The Bertz CT molecular complexity index is 1680. The summed E-state index contributed by atoms with van der Waals surface area (Å²) in [7, 11) is 0. The summed E-state index contributed by atoms with van der Waals surface area (Å²) < 4.78 is 1.94. The molecule has 0 saturated carbocycles. The summed E-state index contributed by atoms with van der Waals surface area (Å²) in [6.07, 6.45) is 4.31. The highest BCUT2D eigenvalue weighted by atomic mass is 35.5. The number of hydrogen-bond acceptors (Lipinski definition) is 4. The number of thiocarbonyl (C=S) groups is 1. The fraction of sp³-hybridized carbons (Fsp3) is 0.294. The van der Waals surface area contributed by atoms with Crippen LogP contribution >= 0.6 is 47.0 Å². The van der Waals surface area contributed by atoms with Crippen LogP contribution in [0.4, 0.5) is 5.69 Å². The van der Waals surface area contributed by atoms with E-state index < -0.39 is 0 Å². The van der Waals surface area contributed by atoms with Crippen LogP contribution in [0.3, 0.4) is 0 Å². The standard InChI is InChI=1S/C34H35Cl3N6OS/c1-22(2)13-28(40-32(44)15-29-17-39-21-43(29)18-25-10-8-24(16-38)9-11-25)20-42(19-26-5-4-6-30(35)33(26)37)34(45)41-27-12-7-23(3)31(36)14-27/h4-12,14,17,21-22,28H,13,15,18-20H2,1-3H3,(H,40,44)(H,41,45)/t28-/m0/s1. The highest BCUT2D eigenvalue weighted by Crippen LogP contribution is 2.27. The molecule has 0 saturated heterocycles. The van der Waals surface area contributed by atoms with Crippen LogP contribution in [0.15, 0.2) is 73.2 Å². The lowest BCUT2D eigenvalue weighted by Gasteiger charge is -2.32. The van der Waals surface area contributed by atoms with E-state index in [9.17, 15) is 4.79 Å². The first-order valence-electron chi connectivity index (χ1n) is 14.5. The van der Waals surface area contributed by atoms with E-state index in [1.54, 1.807) is 30.7 Å². The molecule has 1 heterocycles. The second-order valence-electron chi connectivity index (χ2n) is 11.4. The summed E-state index contributed by atoms with van der Waals surface area (Å²) in [6, 6.07) is 20.5. The van der Waals surface area contributed by atoms with Gasteiger partial charge in [-0.15, -0.1) is 0 Å². The van der Waals surface area contributed by atoms with Gasteiger partial charge in [-0.1, -0.05) is 79.0 Å². The predicted octanol–water partition coefficient (Wildman–Crippen LogP) is 8.04. The van der Waals surface area contributed by atoms with Crippen molar-refractivity contribution in [3.63, 3.8) is 0 Å². The van der Waals surface area contributed by atoms with Gasteiger partial charge in [0, 0.05) is 48.3 Å². The van der Waals surface area contributed by atoms with Crippen molar-refractivity contribution in [1.29, 1.82) is 5.26 Å². The minimum Gasteiger partial charge on any atom is -0.351 e. The van der Waals surface area contributed by atoms with Gasteiger partial charge in [0.05, 0.1) is 34.4 Å². The molecule has 234 valence electrons. The van der Waals surface area contributed by atoms with Gasteiger partial charge in [-0.05, 0) is 78.5 Å². The molecule has 0 aliphatic heterocycles. The lowest BCUT2D eigenvalue weighted by molar-refractivity contribution is -0.121. The average molecular weight is 682 g/mol. The molecular formula is C34H35Cl3N6OS. The molecule has 1 amide bonds. The number of nitrogens with one attached hydrogen (secondary N) is 2. The second kappa shape index (κ2) is 16.1. The lowest BCUT2D eigenvalue weighted by Crippen LogP contribution is -2.47. The largest absolute Gasteiger partial charge is 0.351 e. The van der Waals surface area contributed by atoms with Crippen molar-refractivity contribution in [2.45, 2.75) is 52.7 Å². The van der Waals surface area contributed by atoms with Gasteiger partial charge in [-0.3, -0.25) is 4.79 Å². The molecule has 11 heteroatoms. The van der Waals surface area contributed by atoms with E-state index in [1.165, 1.54) is 0 Å². The first kappa shape index (κ1) is 34.3. The average Bonchev–Trinajstić information content (AvgIpc) is 3.42. The molecule has 0 radical (unpaired) electrons. The van der Waals surface area contributed by atoms with Crippen LogP contribution in [0, 0.1) is 24.2 Å². The molecule has 4 rings (SSSR count). The van der Waals surface area contributed by atoms with Crippen LogP contribution in [0.2, 0.25) is 15.1 Å². The fourth-order valence-electron chi connectivity index (χ4n) is 4.95. The number of nitriles is 1. The van der Waals surface area contributed by atoms with Gasteiger partial charge >= 0.3 is 0 Å². The van der Waals surface area contributed by atoms with E-state index in [4.69, 9.17) is 52.3 Å². The van der Waals surface area contributed by atoms with Crippen molar-refractivity contribution in [3.8, 4) is 6.07 Å². The Balaban J connectivity index is 1.51. The van der Waals surface area contributed by atoms with Gasteiger partial charge in [0.1, 0.15) is 0 Å². The van der Waals surface area contributed by atoms with Crippen LogP contribution in [0.1, 0.15) is 48.2 Å². The van der Waals surface area contributed by atoms with Crippen molar-refractivity contribution < 1.29 is 4.79 Å². The van der Waals surface area contributed by atoms with Crippen LogP contribution in [0.5, 0.6) is 0 Å². The molecule has 0 aliphatic rings. The number of benzene rings is 3. The summed E-state index contributed by atoms with van der Waals surface area (Å²) in [4.78, 5) is 19.7. The van der Waals surface area contributed by atoms with Gasteiger partial charge in [-0.2, -0.15) is 5.26 Å². The Morgan fingerprint density at radius 3 is 2.53 bits per heavy atom. The number of aryl methyl sites for hydroxylation is 1. The molecule has 7 nitrogen and oxygen atoms in total. The van der Waals surface area contributed by atoms with E-state index in [0.717, 1.165) is 34.5 Å². The highest BCUT2D eigenvalue weighted by molar-refractivity contribution is 7.80. The zero-order chi connectivity index (χ0) is 32.5. The third kappa shape index (κ3) is 9.94. The van der Waals surface area contributed by atoms with Crippen LogP contribution in [0.25, 0.3) is 0 Å². The lowest BCUT2D eigenvalue weighted by atomic mass is 10.0. The number of carbonyl (C=O) groups excluding carboxylic acids is 1. The summed E-state index contributed by atoms with van der Waals surface area (Å²) >= 11 is 25.2. The molecule has 45 heavy (non-hydrogen) atoms. The number of aromatic nitrogens is 2. The van der Waals surface area contributed by atoms with Crippen molar-refractivity contribution >= 4 is 63.7 Å². The third-order valence-electron chi connectivity index (χ3n) is 7.24. The predicted molar refractivity (Wildman–Crippen MR) is 187 cm³/mol. The number of hydrogen-bond donors (Lipinski definition) is 2. The Labute approximate surface area is 285 Å². The molecular weight excluding hydrogens is 647 g/mol. The summed E-state index contributed by atoms with van der Waals surface area (Å²) in [5, 5.41) is 17.7. The molecule has 0 aliphatic carbocycles. The summed E-state index contributed by atoms with van der Waals surface area (Å²) in [6.45, 7) is 7.54. The van der Waals surface area contributed by atoms with E-state index in [1.807, 2.05) is 58.9 Å². The molecule has 0 bridgehead atoms. The molecule has 2 N–H and O–H groups in total. The second-order valence-corrected chi connectivity index (χ2v) is 13.0. The number of nitrogens with zero attached hydrogens (tertiary/aromatic N) is 4. The Hall–Kier alpha value is -3.61. The fourth-order valence-corrected chi connectivity index (χ4v) is 5.76. The highest BCUT2D eigenvalue weighted by Gasteiger charge is 2.22. The molecule has 4 aromatic rings. The molecule has 1 atom stereocenters. The molecule has 0 spiro atoms. The van der Waals surface area contributed by atoms with E-state index >= 15 is 0 Å². The van der Waals surface area contributed by atoms with Gasteiger partial charge < -0.3 is 20.1 Å². The number of amides is 1. The first-order valence-corrected chi connectivity index (χ1v) is 16.1. The molecule has 1 aromatic heterocycles. The minimum absolute atomic E-state index is 0.118. The summed E-state index contributed by atoms with van der Waals surface area (Å²) in [5.41, 5.74) is 4.95. The number of imidazole rings is 1. The van der Waals surface area contributed by atoms with Gasteiger partial charge in [0.2, 0.25) is 5.91 Å². The van der Waals surface area contributed by atoms with Crippen molar-refractivity contribution in [2.75, 3.05) is 11.9 Å². The minimum atomic E-state index is -0.216. The maximum atomic E-state index is 13.5. The Morgan fingerprint density at radius 1 is 1.09 bits per heavy atom. The third-order valence-corrected chi connectivity index (χ3v) is 8.87. The molecule has 3 aromatic carbocycles. The zero-order valence-electron chi connectivity index (χ0n) is 25.4. The Morgan fingerprint density at radius 2 is 1.84 bits per heavy atom. The molecule has 0 fully saturated rings. The number of anilines is 1. The maximum Gasteiger partial charge on any atom is 0.226 e. The van der Waals surface area contributed by atoms with E-state index in [0.29, 0.717) is 51.3 Å². The van der Waals surface area contributed by atoms with E-state index in [2.05, 4.69) is 35.5 Å². The van der Waals surface area contributed by atoms with Gasteiger partial charge in [0.25, 0.3) is 0 Å². The quantitative estimate of drug-likeness (QED) is 0.147. The number of rotatable bonds is 12. The molecule has 0 unspecified atom stereocenters. The van der Waals surface area contributed by atoms with Gasteiger partial charge in [0.15, 0.2) is 5.11 Å². The summed E-state index contributed by atoms with van der Waals surface area (Å²) in [5.74, 6) is 0.193.